The van der Waals surface area contributed by atoms with Gasteiger partial charge in [-0.25, -0.2) is 0 Å². The van der Waals surface area contributed by atoms with Crippen LogP contribution >= 0.6 is 11.6 Å². The topological polar surface area (TPSA) is 121 Å². The van der Waals surface area contributed by atoms with Crippen LogP contribution < -0.4 is 12.4 Å². The van der Waals surface area contributed by atoms with Gasteiger partial charge >= 0.3 is 0 Å². The molecule has 2 rings (SSSR count). The minimum atomic E-state index is -1.00. The number of ether oxygens (including phenoxy) is 4. The number of likely N-dealkylation sites (N-methyl/N-ethyl adjacent to an activating group) is 1. The molecule has 4 N–H and O–H groups in total. The van der Waals surface area contributed by atoms with Gasteiger partial charge in [0, 0.05) is 31.9 Å². The Morgan fingerprint density at radius 1 is 0.861 bits per heavy atom. The minimum Gasteiger partial charge on any atom is -1.00 e. The number of alkyl halides is 2. The molecule has 0 spiro atoms. The van der Waals surface area contributed by atoms with Crippen LogP contribution in [-0.2, 0) is 18.9 Å². The number of rotatable bonds is 5. The first kappa shape index (κ1) is 38.3. The third-order valence-corrected chi connectivity index (χ3v) is 5.77. The molecule has 0 aromatic carbocycles. The lowest BCUT2D eigenvalue weighted by molar-refractivity contribution is -0.874. The van der Waals surface area contributed by atoms with Crippen molar-refractivity contribution in [2.45, 2.75) is 63.1 Å². The van der Waals surface area contributed by atoms with E-state index in [-0.39, 0.29) is 42.3 Å². The van der Waals surface area contributed by atoms with Gasteiger partial charge in [-0.15, -0.1) is 11.6 Å². The largest absolute Gasteiger partial charge is 1.00 e. The summed E-state index contributed by atoms with van der Waals surface area (Å²) in [5.41, 5.74) is 0. The Labute approximate surface area is 229 Å². The molecule has 0 aromatic heterocycles. The molecule has 10 nitrogen and oxygen atoms in total. The second kappa shape index (κ2) is 20.1. The van der Waals surface area contributed by atoms with Crippen molar-refractivity contribution in [3.05, 3.63) is 0 Å². The quantitative estimate of drug-likeness (QED) is 0.203. The first-order valence-corrected chi connectivity index (χ1v) is 12.0. The van der Waals surface area contributed by atoms with Crippen molar-refractivity contribution in [2.24, 2.45) is 11.8 Å². The highest BCUT2D eigenvalue weighted by Gasteiger charge is 2.44. The highest BCUT2D eigenvalue weighted by atomic mass is 35.5. The van der Waals surface area contributed by atoms with E-state index >= 15 is 0 Å². The van der Waals surface area contributed by atoms with E-state index in [2.05, 4.69) is 21.1 Å². The molecule has 10 unspecified atom stereocenters. The molecule has 0 saturated carbocycles. The van der Waals surface area contributed by atoms with Gasteiger partial charge in [-0.3, -0.25) is 4.39 Å². The van der Waals surface area contributed by atoms with Crippen LogP contribution in [0.5, 0.6) is 0 Å². The van der Waals surface area contributed by atoms with Gasteiger partial charge in [0.25, 0.3) is 0 Å². The number of methoxy groups -OCH3 is 2. The van der Waals surface area contributed by atoms with E-state index in [0.29, 0.717) is 0 Å². The maximum absolute atomic E-state index is 9.96. The van der Waals surface area contributed by atoms with Crippen LogP contribution in [0, 0.1) is 11.8 Å². The van der Waals surface area contributed by atoms with E-state index in [0.717, 1.165) is 11.0 Å². The molecular formula is C23H51Cl2FN2O8. The molecule has 222 valence electrons. The summed E-state index contributed by atoms with van der Waals surface area (Å²) < 4.78 is 37.1. The predicted molar refractivity (Wildman–Crippen MR) is 134 cm³/mol. The average molecular weight is 575 g/mol. The van der Waals surface area contributed by atoms with Crippen molar-refractivity contribution in [3.63, 3.8) is 0 Å². The second-order valence-corrected chi connectivity index (χ2v) is 10.5. The van der Waals surface area contributed by atoms with Gasteiger partial charge in [-0.2, -0.15) is 0 Å². The molecule has 2 fully saturated rings. The van der Waals surface area contributed by atoms with E-state index in [9.17, 15) is 24.8 Å². The van der Waals surface area contributed by atoms with Gasteiger partial charge in [0.2, 0.25) is 0 Å². The number of aliphatic hydroxyl groups excluding tert-OH is 4. The molecule has 2 aliphatic heterocycles. The smallest absolute Gasteiger partial charge is 0.186 e. The summed E-state index contributed by atoms with van der Waals surface area (Å²) in [4.78, 5) is 2.00. The van der Waals surface area contributed by atoms with Gasteiger partial charge in [0.15, 0.2) is 12.6 Å². The van der Waals surface area contributed by atoms with Crippen LogP contribution in [0.3, 0.4) is 0 Å². The van der Waals surface area contributed by atoms with Crippen LogP contribution in [0.15, 0.2) is 0 Å². The van der Waals surface area contributed by atoms with Crippen LogP contribution in [0.4, 0.5) is 4.39 Å². The molecule has 2 heterocycles. The van der Waals surface area contributed by atoms with Crippen LogP contribution in [0.25, 0.3) is 0 Å². The molecule has 0 amide bonds. The molecule has 0 bridgehead atoms. The first-order valence-electron chi connectivity index (χ1n) is 12.1. The number of hydrogen-bond donors (Lipinski definition) is 4. The summed E-state index contributed by atoms with van der Waals surface area (Å²) in [6.45, 7) is 4.44. The monoisotopic (exact) mass is 573 g/mol. The fraction of sp³-hybridized carbons (Fsp3) is 1.00. The molecule has 13 heteroatoms. The maximum Gasteiger partial charge on any atom is 0.186 e. The van der Waals surface area contributed by atoms with E-state index < -0.39 is 44.1 Å². The van der Waals surface area contributed by atoms with E-state index in [1.807, 2.05) is 33.0 Å². The maximum atomic E-state index is 9.96. The van der Waals surface area contributed by atoms with E-state index in [1.54, 1.807) is 6.92 Å². The normalized spacial score (nSPS) is 36.5. The van der Waals surface area contributed by atoms with Crippen molar-refractivity contribution in [1.29, 1.82) is 0 Å². The SMILES string of the molecule is CN(C)C.COC1OC(CCl)C(C)C(O)C1O.COC1OC(C[N+](C)(C)C)C(C)C(O)C1O.[2H]CF.[Cl-]. The lowest BCUT2D eigenvalue weighted by Crippen LogP contribution is -3.00. The zero-order chi connectivity index (χ0) is 28.8. The third-order valence-electron chi connectivity index (χ3n) is 5.47. The Morgan fingerprint density at radius 3 is 1.44 bits per heavy atom. The third kappa shape index (κ3) is 14.3. The molecule has 0 aromatic rings. The first-order chi connectivity index (χ1) is 16.5. The van der Waals surface area contributed by atoms with E-state index in [1.165, 1.54) is 14.2 Å². The van der Waals surface area contributed by atoms with Gasteiger partial charge < -0.3 is 61.2 Å². The second-order valence-electron chi connectivity index (χ2n) is 10.2. The molecular weight excluding hydrogens is 522 g/mol. The van der Waals surface area contributed by atoms with Crippen molar-refractivity contribution in [1.82, 2.24) is 4.90 Å². The van der Waals surface area contributed by atoms with Crippen molar-refractivity contribution >= 4 is 11.6 Å². The van der Waals surface area contributed by atoms with Crippen LogP contribution in [0.1, 0.15) is 15.2 Å². The fourth-order valence-corrected chi connectivity index (χ4v) is 3.81. The number of quaternary nitrogens is 1. The molecule has 2 aliphatic rings. The molecule has 2 saturated heterocycles. The zero-order valence-electron chi connectivity index (χ0n) is 24.3. The van der Waals surface area contributed by atoms with Crippen LogP contribution in [0.2, 0.25) is 0 Å². The Hall–Kier alpha value is 0.110. The standard InChI is InChI=1S/C11H24NO4.C8H15ClO4.C3H9N.CH3F.ClH/c1-7-8(6-12(2,3)4)16-11(15-5)10(14)9(7)13;1-4-5(3-9)13-8(12-2)7(11)6(4)10;1-4(2)3;1-2;/h7-11,13-14H,6H2,1-5H3;4-8,10-11H,3H2,1-2H3;1-3H3;1H3;1H/q+1;;;;/p-1/i;;;1D;. The number of halogens is 3. The lowest BCUT2D eigenvalue weighted by Gasteiger charge is -2.42. The number of nitrogens with zero attached hydrogens (tertiary/aromatic N) is 2. The van der Waals surface area contributed by atoms with Gasteiger partial charge in [0.1, 0.15) is 24.9 Å². The predicted octanol–water partition coefficient (Wildman–Crippen LogP) is -2.86. The summed E-state index contributed by atoms with van der Waals surface area (Å²) >= 11 is 5.64. The van der Waals surface area contributed by atoms with Crippen molar-refractivity contribution in [2.75, 3.05) is 76.1 Å². The van der Waals surface area contributed by atoms with Gasteiger partial charge in [-0.05, 0) is 21.1 Å². The van der Waals surface area contributed by atoms with Crippen LogP contribution in [-0.4, -0.2) is 155 Å². The Bertz CT molecular complexity index is 533. The summed E-state index contributed by atoms with van der Waals surface area (Å²) in [6, 6.07) is 0. The molecule has 0 radical (unpaired) electrons. The fourth-order valence-electron chi connectivity index (χ4n) is 3.45. The lowest BCUT2D eigenvalue weighted by atomic mass is 9.90. The highest BCUT2D eigenvalue weighted by Crippen LogP contribution is 2.28. The Morgan fingerprint density at radius 2 is 1.17 bits per heavy atom. The summed E-state index contributed by atoms with van der Waals surface area (Å²) in [5.74, 6) is 0.00259. The van der Waals surface area contributed by atoms with Gasteiger partial charge in [-0.1, -0.05) is 13.8 Å². The highest BCUT2D eigenvalue weighted by molar-refractivity contribution is 6.18. The van der Waals surface area contributed by atoms with E-state index in [4.69, 9.17) is 31.9 Å². The van der Waals surface area contributed by atoms with Crippen molar-refractivity contribution in [3.8, 4) is 0 Å². The Balaban J connectivity index is -0.000000494. The summed E-state index contributed by atoms with van der Waals surface area (Å²) in [6.07, 6.45) is -5.51. The van der Waals surface area contributed by atoms with Gasteiger partial charge in [0.05, 0.1) is 48.0 Å². The summed E-state index contributed by atoms with van der Waals surface area (Å²) in [7, 11) is 14.1. The number of hydrogen-bond acceptors (Lipinski definition) is 9. The zero-order valence-corrected chi connectivity index (χ0v) is 24.9. The number of aliphatic hydroxyl groups is 4. The molecule has 10 atom stereocenters. The average Bonchev–Trinajstić information content (AvgIpc) is 2.78. The van der Waals surface area contributed by atoms with Crippen molar-refractivity contribution < 1.29 is 62.0 Å². The summed E-state index contributed by atoms with van der Waals surface area (Å²) in [5, 5.41) is 38.7. The minimum absolute atomic E-state index is 0. The molecule has 0 aliphatic carbocycles. The Kier molecular flexibility index (Phi) is 21.3. The molecule has 36 heavy (non-hydrogen) atoms.